The number of halogens is 2. The van der Waals surface area contributed by atoms with Crippen LogP contribution in [0.25, 0.3) is 0 Å². The third kappa shape index (κ3) is 3.33. The van der Waals surface area contributed by atoms with E-state index < -0.39 is 0 Å². The smallest absolute Gasteiger partial charge is 0.124 e. The minimum Gasteiger partial charge on any atom is -0.305 e. The average molecular weight is 373 g/mol. The molecule has 1 aromatic heterocycles. The Kier molecular flexibility index (Phi) is 4.93. The molecule has 2 aromatic rings. The Bertz CT molecular complexity index is 553. The highest BCUT2D eigenvalue weighted by atomic mass is 127. The van der Waals surface area contributed by atoms with Crippen molar-refractivity contribution >= 4 is 22.6 Å². The quantitative estimate of drug-likeness (QED) is 0.816. The number of benzene rings is 1. The normalized spacial score (nSPS) is 12.6. The summed E-state index contributed by atoms with van der Waals surface area (Å²) in [5.41, 5.74) is 2.16. The third-order valence-electron chi connectivity index (χ3n) is 3.03. The summed E-state index contributed by atoms with van der Waals surface area (Å²) in [6.45, 7) is 3.03. The zero-order valence-corrected chi connectivity index (χ0v) is 13.2. The molecule has 5 heteroatoms. The van der Waals surface area contributed by atoms with E-state index in [9.17, 15) is 4.39 Å². The lowest BCUT2D eigenvalue weighted by Crippen LogP contribution is -2.26. The molecule has 19 heavy (non-hydrogen) atoms. The Balaban J connectivity index is 2.40. The maximum atomic E-state index is 13.2. The van der Waals surface area contributed by atoms with E-state index in [-0.39, 0.29) is 11.9 Å². The van der Waals surface area contributed by atoms with Gasteiger partial charge in [0, 0.05) is 16.8 Å². The summed E-state index contributed by atoms with van der Waals surface area (Å²) in [7, 11) is 1.92. The fourth-order valence-corrected chi connectivity index (χ4v) is 2.85. The van der Waals surface area contributed by atoms with Crippen molar-refractivity contribution in [2.75, 3.05) is 6.54 Å². The number of aromatic nitrogens is 2. The van der Waals surface area contributed by atoms with Crippen LogP contribution in [0, 0.1) is 9.39 Å². The predicted octanol–water partition coefficient (Wildman–Crippen LogP) is 3.25. The van der Waals surface area contributed by atoms with Gasteiger partial charge in [0.2, 0.25) is 0 Å². The molecule has 1 unspecified atom stereocenters. The maximum Gasteiger partial charge on any atom is 0.124 e. The zero-order valence-electron chi connectivity index (χ0n) is 11.0. The Morgan fingerprint density at radius 2 is 2.21 bits per heavy atom. The topological polar surface area (TPSA) is 29.9 Å². The number of hydrogen-bond acceptors (Lipinski definition) is 2. The van der Waals surface area contributed by atoms with Crippen molar-refractivity contribution in [2.45, 2.75) is 19.4 Å². The van der Waals surface area contributed by atoms with E-state index in [2.05, 4.69) is 39.9 Å². The minimum atomic E-state index is -0.201. The highest BCUT2D eigenvalue weighted by Crippen LogP contribution is 2.26. The van der Waals surface area contributed by atoms with E-state index in [1.165, 1.54) is 6.07 Å². The van der Waals surface area contributed by atoms with Gasteiger partial charge in [-0.05, 0) is 59.3 Å². The first-order valence-corrected chi connectivity index (χ1v) is 7.37. The molecular weight excluding hydrogens is 356 g/mol. The molecule has 102 valence electrons. The van der Waals surface area contributed by atoms with Gasteiger partial charge in [0.15, 0.2) is 0 Å². The highest BCUT2D eigenvalue weighted by Gasteiger charge is 2.19. The molecule has 0 aliphatic rings. The van der Waals surface area contributed by atoms with E-state index in [0.717, 1.165) is 27.8 Å². The molecule has 0 saturated carbocycles. The molecule has 1 N–H and O–H groups in total. The summed E-state index contributed by atoms with van der Waals surface area (Å²) in [4.78, 5) is 0. The van der Waals surface area contributed by atoms with Crippen molar-refractivity contribution in [3.05, 3.63) is 51.1 Å². The van der Waals surface area contributed by atoms with Gasteiger partial charge < -0.3 is 5.32 Å². The molecule has 0 bridgehead atoms. The summed E-state index contributed by atoms with van der Waals surface area (Å²) in [5.74, 6) is -0.201. The zero-order chi connectivity index (χ0) is 13.8. The lowest BCUT2D eigenvalue weighted by Gasteiger charge is -2.20. The maximum absolute atomic E-state index is 13.2. The molecule has 0 spiro atoms. The first-order valence-electron chi connectivity index (χ1n) is 6.29. The van der Waals surface area contributed by atoms with E-state index in [1.54, 1.807) is 12.3 Å². The van der Waals surface area contributed by atoms with E-state index in [0.29, 0.717) is 0 Å². The van der Waals surface area contributed by atoms with Crippen LogP contribution in [0.2, 0.25) is 0 Å². The summed E-state index contributed by atoms with van der Waals surface area (Å²) >= 11 is 2.18. The molecule has 0 fully saturated rings. The monoisotopic (exact) mass is 373 g/mol. The molecule has 0 radical (unpaired) electrons. The lowest BCUT2D eigenvalue weighted by atomic mass is 10.0. The van der Waals surface area contributed by atoms with Gasteiger partial charge in [0.25, 0.3) is 0 Å². The highest BCUT2D eigenvalue weighted by molar-refractivity contribution is 14.1. The lowest BCUT2D eigenvalue weighted by molar-refractivity contribution is 0.550. The third-order valence-corrected chi connectivity index (χ3v) is 3.96. The minimum absolute atomic E-state index is 0.0416. The molecule has 3 nitrogen and oxygen atoms in total. The Labute approximate surface area is 126 Å². The van der Waals surface area contributed by atoms with Gasteiger partial charge >= 0.3 is 0 Å². The Morgan fingerprint density at radius 1 is 1.42 bits per heavy atom. The standard InChI is InChI=1S/C14H17FIN3/c1-3-7-17-14(13-6-8-18-19(13)2)11-5-4-10(15)9-12(11)16/h4-6,8-9,14,17H,3,7H2,1-2H3. The van der Waals surface area contributed by atoms with Crippen molar-refractivity contribution in [3.63, 3.8) is 0 Å². The fraction of sp³-hybridized carbons (Fsp3) is 0.357. The molecule has 0 aliphatic heterocycles. The van der Waals surface area contributed by atoms with Gasteiger partial charge in [-0.2, -0.15) is 5.10 Å². The molecule has 0 saturated heterocycles. The second kappa shape index (κ2) is 6.47. The number of aryl methyl sites for hydroxylation is 1. The van der Waals surface area contributed by atoms with Crippen LogP contribution in [0.3, 0.4) is 0 Å². The second-order valence-corrected chi connectivity index (χ2v) is 5.59. The first-order chi connectivity index (χ1) is 9.13. The van der Waals surface area contributed by atoms with Gasteiger partial charge in [-0.25, -0.2) is 4.39 Å². The molecule has 1 atom stereocenters. The number of hydrogen-bond donors (Lipinski definition) is 1. The van der Waals surface area contributed by atoms with Gasteiger partial charge in [0.1, 0.15) is 5.82 Å². The van der Waals surface area contributed by atoms with Crippen molar-refractivity contribution in [3.8, 4) is 0 Å². The van der Waals surface area contributed by atoms with E-state index in [1.807, 2.05) is 23.9 Å². The summed E-state index contributed by atoms with van der Waals surface area (Å²) in [5, 5.41) is 7.72. The fourth-order valence-electron chi connectivity index (χ4n) is 2.07. The van der Waals surface area contributed by atoms with Crippen molar-refractivity contribution < 1.29 is 4.39 Å². The van der Waals surface area contributed by atoms with Crippen molar-refractivity contribution in [1.82, 2.24) is 15.1 Å². The summed E-state index contributed by atoms with van der Waals surface area (Å²) in [6.07, 6.45) is 2.83. The van der Waals surface area contributed by atoms with Gasteiger partial charge in [0.05, 0.1) is 11.7 Å². The first kappa shape index (κ1) is 14.5. The molecular formula is C14H17FIN3. The van der Waals surface area contributed by atoms with Crippen LogP contribution < -0.4 is 5.32 Å². The van der Waals surface area contributed by atoms with Crippen LogP contribution in [0.1, 0.15) is 30.6 Å². The van der Waals surface area contributed by atoms with Crippen molar-refractivity contribution in [2.24, 2.45) is 7.05 Å². The van der Waals surface area contributed by atoms with Crippen LogP contribution in [0.5, 0.6) is 0 Å². The Hall–Kier alpha value is -0.950. The SMILES string of the molecule is CCCNC(c1ccc(F)cc1I)c1ccnn1C. The van der Waals surface area contributed by atoms with E-state index >= 15 is 0 Å². The predicted molar refractivity (Wildman–Crippen MR) is 82.5 cm³/mol. The van der Waals surface area contributed by atoms with Crippen LogP contribution in [-0.4, -0.2) is 16.3 Å². The van der Waals surface area contributed by atoms with Crippen molar-refractivity contribution in [1.29, 1.82) is 0 Å². The molecule has 2 rings (SSSR count). The number of rotatable bonds is 5. The van der Waals surface area contributed by atoms with Gasteiger partial charge in [-0.1, -0.05) is 13.0 Å². The van der Waals surface area contributed by atoms with Gasteiger partial charge in [-0.15, -0.1) is 0 Å². The number of nitrogens with one attached hydrogen (secondary N) is 1. The largest absolute Gasteiger partial charge is 0.305 e. The summed E-state index contributed by atoms with van der Waals surface area (Å²) in [6, 6.07) is 6.95. The van der Waals surface area contributed by atoms with Crippen LogP contribution in [0.15, 0.2) is 30.5 Å². The molecule has 1 aromatic carbocycles. The number of nitrogens with zero attached hydrogens (tertiary/aromatic N) is 2. The van der Waals surface area contributed by atoms with Crippen LogP contribution in [-0.2, 0) is 7.05 Å². The average Bonchev–Trinajstić information content (AvgIpc) is 2.78. The van der Waals surface area contributed by atoms with Gasteiger partial charge in [-0.3, -0.25) is 4.68 Å². The summed E-state index contributed by atoms with van der Waals surface area (Å²) < 4.78 is 16.0. The Morgan fingerprint density at radius 3 is 2.79 bits per heavy atom. The van der Waals surface area contributed by atoms with E-state index in [4.69, 9.17) is 0 Å². The molecule has 0 aliphatic carbocycles. The molecule has 0 amide bonds. The van der Waals surface area contributed by atoms with Crippen LogP contribution in [0.4, 0.5) is 4.39 Å². The van der Waals surface area contributed by atoms with Crippen LogP contribution >= 0.6 is 22.6 Å². The molecule has 1 heterocycles. The second-order valence-electron chi connectivity index (χ2n) is 4.43.